The van der Waals surface area contributed by atoms with Crippen molar-refractivity contribution in [3.8, 4) is 0 Å². The average Bonchev–Trinajstić information content (AvgIpc) is 2.44. The summed E-state index contributed by atoms with van der Waals surface area (Å²) in [6, 6.07) is 2.91. The van der Waals surface area contributed by atoms with Gasteiger partial charge < -0.3 is 9.64 Å². The van der Waals surface area contributed by atoms with Gasteiger partial charge in [0.15, 0.2) is 0 Å². The maximum absolute atomic E-state index is 11.6. The molecular formula is C12H11ClN2O4S. The first-order valence-corrected chi connectivity index (χ1v) is 6.90. The van der Waals surface area contributed by atoms with Crippen molar-refractivity contribution in [1.82, 2.24) is 0 Å². The second-order valence-electron chi connectivity index (χ2n) is 3.90. The number of benzene rings is 1. The highest BCUT2D eigenvalue weighted by molar-refractivity contribution is 8.04. The fourth-order valence-corrected chi connectivity index (χ4v) is 3.05. The highest BCUT2D eigenvalue weighted by Crippen LogP contribution is 2.44. The standard InChI is InChI=1S/C12H11ClN2O4S/c1-3-14-6-11(12(16)19-2)20-10-5-8(15(17)18)7(13)4-9(10)14/h4-6H,3H2,1-2H3. The van der Waals surface area contributed by atoms with Crippen LogP contribution in [0.5, 0.6) is 0 Å². The van der Waals surface area contributed by atoms with Crippen LogP contribution in [0.1, 0.15) is 6.92 Å². The molecule has 0 atom stereocenters. The summed E-state index contributed by atoms with van der Waals surface area (Å²) in [7, 11) is 1.29. The van der Waals surface area contributed by atoms with Crippen molar-refractivity contribution in [2.75, 3.05) is 18.6 Å². The molecule has 0 aromatic heterocycles. The lowest BCUT2D eigenvalue weighted by Gasteiger charge is -2.27. The molecule has 2 rings (SSSR count). The van der Waals surface area contributed by atoms with Crippen LogP contribution in [-0.2, 0) is 9.53 Å². The lowest BCUT2D eigenvalue weighted by atomic mass is 10.2. The Morgan fingerprint density at radius 3 is 2.80 bits per heavy atom. The number of fused-ring (bicyclic) bond motifs is 1. The van der Waals surface area contributed by atoms with Crippen LogP contribution in [0.4, 0.5) is 11.4 Å². The van der Waals surface area contributed by atoms with Crippen molar-refractivity contribution in [1.29, 1.82) is 0 Å². The largest absolute Gasteiger partial charge is 0.465 e. The van der Waals surface area contributed by atoms with E-state index in [1.165, 1.54) is 19.2 Å². The summed E-state index contributed by atoms with van der Waals surface area (Å²) in [5, 5.41) is 11.0. The number of nitro groups is 1. The fourth-order valence-electron chi connectivity index (χ4n) is 1.79. The van der Waals surface area contributed by atoms with Gasteiger partial charge in [0, 0.05) is 23.7 Å². The van der Waals surface area contributed by atoms with Gasteiger partial charge in [0.1, 0.15) is 9.93 Å². The van der Waals surface area contributed by atoms with E-state index in [9.17, 15) is 14.9 Å². The van der Waals surface area contributed by atoms with E-state index in [2.05, 4.69) is 4.74 Å². The normalized spacial score (nSPS) is 13.6. The molecule has 0 N–H and O–H groups in total. The van der Waals surface area contributed by atoms with Crippen molar-refractivity contribution in [3.05, 3.63) is 38.4 Å². The number of hydrogen-bond donors (Lipinski definition) is 0. The lowest BCUT2D eigenvalue weighted by Crippen LogP contribution is -2.21. The van der Waals surface area contributed by atoms with E-state index < -0.39 is 10.9 Å². The van der Waals surface area contributed by atoms with Crippen LogP contribution < -0.4 is 4.90 Å². The number of methoxy groups -OCH3 is 1. The number of nitro benzene ring substituents is 1. The maximum atomic E-state index is 11.6. The summed E-state index contributed by atoms with van der Waals surface area (Å²) in [5.74, 6) is -0.475. The molecule has 0 unspecified atom stereocenters. The number of carbonyl (C=O) groups is 1. The van der Waals surface area contributed by atoms with E-state index in [-0.39, 0.29) is 10.7 Å². The van der Waals surface area contributed by atoms with E-state index in [0.29, 0.717) is 16.3 Å². The number of esters is 1. The molecule has 8 heteroatoms. The third-order valence-electron chi connectivity index (χ3n) is 2.75. The van der Waals surface area contributed by atoms with Gasteiger partial charge in [-0.1, -0.05) is 23.4 Å². The first-order chi connectivity index (χ1) is 9.47. The van der Waals surface area contributed by atoms with Crippen LogP contribution in [0.2, 0.25) is 5.02 Å². The van der Waals surface area contributed by atoms with Crippen LogP contribution in [-0.4, -0.2) is 24.5 Å². The summed E-state index contributed by atoms with van der Waals surface area (Å²) in [6.45, 7) is 2.50. The van der Waals surface area contributed by atoms with Gasteiger partial charge >= 0.3 is 5.97 Å². The Morgan fingerprint density at radius 2 is 2.25 bits per heavy atom. The molecule has 106 valence electrons. The van der Waals surface area contributed by atoms with Crippen LogP contribution in [0, 0.1) is 10.1 Å². The van der Waals surface area contributed by atoms with Crippen LogP contribution in [0.3, 0.4) is 0 Å². The minimum Gasteiger partial charge on any atom is -0.465 e. The zero-order valence-electron chi connectivity index (χ0n) is 10.8. The monoisotopic (exact) mass is 314 g/mol. The smallest absolute Gasteiger partial charge is 0.346 e. The first kappa shape index (κ1) is 14.7. The molecule has 0 saturated carbocycles. The van der Waals surface area contributed by atoms with Gasteiger partial charge in [-0.3, -0.25) is 10.1 Å². The van der Waals surface area contributed by atoms with Crippen molar-refractivity contribution in [2.45, 2.75) is 11.8 Å². The zero-order valence-corrected chi connectivity index (χ0v) is 12.3. The number of nitrogens with zero attached hydrogens (tertiary/aromatic N) is 2. The zero-order chi connectivity index (χ0) is 14.9. The van der Waals surface area contributed by atoms with Gasteiger partial charge in [-0.2, -0.15) is 0 Å². The van der Waals surface area contributed by atoms with Gasteiger partial charge in [0.25, 0.3) is 5.69 Å². The number of thioether (sulfide) groups is 1. The van der Waals surface area contributed by atoms with E-state index in [1.807, 2.05) is 6.92 Å². The number of carbonyl (C=O) groups excluding carboxylic acids is 1. The summed E-state index contributed by atoms with van der Waals surface area (Å²) < 4.78 is 4.68. The fraction of sp³-hybridized carbons (Fsp3) is 0.250. The number of rotatable bonds is 3. The van der Waals surface area contributed by atoms with Gasteiger partial charge in [0.2, 0.25) is 0 Å². The second-order valence-corrected chi connectivity index (χ2v) is 5.39. The highest BCUT2D eigenvalue weighted by atomic mass is 35.5. The molecule has 0 amide bonds. The molecule has 1 aromatic carbocycles. The molecule has 6 nitrogen and oxygen atoms in total. The highest BCUT2D eigenvalue weighted by Gasteiger charge is 2.26. The van der Waals surface area contributed by atoms with Crippen LogP contribution in [0.15, 0.2) is 28.1 Å². The molecule has 1 aromatic rings. The second kappa shape index (κ2) is 5.72. The van der Waals surface area contributed by atoms with Crippen molar-refractivity contribution >= 4 is 40.7 Å². The lowest BCUT2D eigenvalue weighted by molar-refractivity contribution is -0.384. The molecule has 0 spiro atoms. The Morgan fingerprint density at radius 1 is 1.55 bits per heavy atom. The van der Waals surface area contributed by atoms with Crippen molar-refractivity contribution in [2.24, 2.45) is 0 Å². The molecule has 1 aliphatic rings. The van der Waals surface area contributed by atoms with Crippen LogP contribution >= 0.6 is 23.4 Å². The number of halogens is 1. The summed E-state index contributed by atoms with van der Waals surface area (Å²) >= 11 is 7.05. The average molecular weight is 315 g/mol. The minimum absolute atomic E-state index is 0.0720. The molecule has 20 heavy (non-hydrogen) atoms. The molecule has 0 saturated heterocycles. The Balaban J connectivity index is 2.51. The predicted octanol–water partition coefficient (Wildman–Crippen LogP) is 3.19. The first-order valence-electron chi connectivity index (χ1n) is 5.70. The SMILES string of the molecule is CCN1C=C(C(=O)OC)Sc2cc([N+](=O)[O-])c(Cl)cc21. The summed E-state index contributed by atoms with van der Waals surface area (Å²) in [5.41, 5.74) is 0.556. The van der Waals surface area contributed by atoms with Crippen LogP contribution in [0.25, 0.3) is 0 Å². The maximum Gasteiger partial charge on any atom is 0.346 e. The molecule has 0 fully saturated rings. The molecule has 1 aliphatic heterocycles. The molecule has 0 radical (unpaired) electrons. The number of ether oxygens (including phenoxy) is 1. The molecular weight excluding hydrogens is 304 g/mol. The predicted molar refractivity (Wildman–Crippen MR) is 77.1 cm³/mol. The number of hydrogen-bond acceptors (Lipinski definition) is 6. The van der Waals surface area contributed by atoms with Crippen molar-refractivity contribution < 1.29 is 14.5 Å². The summed E-state index contributed by atoms with van der Waals surface area (Å²) in [6.07, 6.45) is 1.65. The van der Waals surface area contributed by atoms with Gasteiger partial charge in [-0.25, -0.2) is 4.79 Å². The third-order valence-corrected chi connectivity index (χ3v) is 4.10. The van der Waals surface area contributed by atoms with E-state index >= 15 is 0 Å². The summed E-state index contributed by atoms with van der Waals surface area (Å²) in [4.78, 5) is 24.8. The number of anilines is 1. The van der Waals surface area contributed by atoms with E-state index in [4.69, 9.17) is 11.6 Å². The molecule has 1 heterocycles. The Kier molecular flexibility index (Phi) is 4.20. The Labute approximate surface area is 124 Å². The van der Waals surface area contributed by atoms with Gasteiger partial charge in [0.05, 0.1) is 17.7 Å². The molecule has 0 aliphatic carbocycles. The van der Waals surface area contributed by atoms with Crippen molar-refractivity contribution in [3.63, 3.8) is 0 Å². The van der Waals surface area contributed by atoms with Gasteiger partial charge in [-0.05, 0) is 13.0 Å². The Hall–Kier alpha value is -1.73. The van der Waals surface area contributed by atoms with E-state index in [0.717, 1.165) is 17.4 Å². The van der Waals surface area contributed by atoms with E-state index in [1.54, 1.807) is 11.1 Å². The van der Waals surface area contributed by atoms with Gasteiger partial charge in [-0.15, -0.1) is 0 Å². The topological polar surface area (TPSA) is 72.7 Å². The minimum atomic E-state index is -0.546. The Bertz CT molecular complexity index is 618. The third kappa shape index (κ3) is 2.59. The molecule has 0 bridgehead atoms. The quantitative estimate of drug-likeness (QED) is 0.484.